The second-order valence-electron chi connectivity index (χ2n) is 5.04. The fourth-order valence-corrected chi connectivity index (χ4v) is 2.05. The van der Waals surface area contributed by atoms with E-state index < -0.39 is 18.0 Å². The molecule has 3 atom stereocenters. The van der Waals surface area contributed by atoms with Gasteiger partial charge in [-0.05, 0) is 25.2 Å². The molecule has 2 amide bonds. The van der Waals surface area contributed by atoms with Gasteiger partial charge in [-0.15, -0.1) is 0 Å². The minimum absolute atomic E-state index is 0.0476. The van der Waals surface area contributed by atoms with Crippen LogP contribution >= 0.6 is 0 Å². The second kappa shape index (κ2) is 7.99. The quantitative estimate of drug-likeness (QED) is 0.681. The monoisotopic (exact) mass is 272 g/mol. The van der Waals surface area contributed by atoms with Crippen molar-refractivity contribution < 1.29 is 19.4 Å². The molecular weight excluding hydrogens is 248 g/mol. The van der Waals surface area contributed by atoms with Crippen molar-refractivity contribution >= 4 is 12.0 Å². The summed E-state index contributed by atoms with van der Waals surface area (Å²) in [6.45, 7) is 4.87. The highest BCUT2D eigenvalue weighted by Crippen LogP contribution is 2.11. The number of carboxylic acids is 1. The zero-order valence-electron chi connectivity index (χ0n) is 11.6. The maximum Gasteiger partial charge on any atom is 0.326 e. The van der Waals surface area contributed by atoms with Gasteiger partial charge in [-0.3, -0.25) is 0 Å². The van der Waals surface area contributed by atoms with E-state index in [9.17, 15) is 9.59 Å². The van der Waals surface area contributed by atoms with Gasteiger partial charge in [0, 0.05) is 13.2 Å². The van der Waals surface area contributed by atoms with Gasteiger partial charge in [0.25, 0.3) is 0 Å². The SMILES string of the molecule is CCC(C)[C@H](NC(=O)NCC1CCCCO1)C(=O)O. The highest BCUT2D eigenvalue weighted by atomic mass is 16.5. The van der Waals surface area contributed by atoms with Gasteiger partial charge in [-0.1, -0.05) is 20.3 Å². The molecule has 0 aromatic rings. The molecule has 1 saturated heterocycles. The zero-order chi connectivity index (χ0) is 14.3. The lowest BCUT2D eigenvalue weighted by molar-refractivity contribution is -0.140. The maximum absolute atomic E-state index is 11.7. The molecule has 3 N–H and O–H groups in total. The summed E-state index contributed by atoms with van der Waals surface area (Å²) in [7, 11) is 0. The van der Waals surface area contributed by atoms with Gasteiger partial charge in [0.05, 0.1) is 6.10 Å². The van der Waals surface area contributed by atoms with Crippen molar-refractivity contribution in [3.8, 4) is 0 Å². The zero-order valence-corrected chi connectivity index (χ0v) is 11.6. The van der Waals surface area contributed by atoms with E-state index in [0.717, 1.165) is 25.9 Å². The van der Waals surface area contributed by atoms with Crippen molar-refractivity contribution in [3.63, 3.8) is 0 Å². The summed E-state index contributed by atoms with van der Waals surface area (Å²) in [4.78, 5) is 22.8. The Labute approximate surface area is 113 Å². The molecule has 0 aromatic carbocycles. The number of rotatable bonds is 6. The molecule has 1 rings (SSSR count). The first-order valence-electron chi connectivity index (χ1n) is 6.93. The number of nitrogens with one attached hydrogen (secondary N) is 2. The van der Waals surface area contributed by atoms with Gasteiger partial charge in [0.15, 0.2) is 0 Å². The molecule has 1 heterocycles. The molecule has 2 unspecified atom stereocenters. The number of aliphatic carboxylic acids is 1. The van der Waals surface area contributed by atoms with E-state index in [-0.39, 0.29) is 12.0 Å². The summed E-state index contributed by atoms with van der Waals surface area (Å²) in [5.74, 6) is -1.10. The van der Waals surface area contributed by atoms with Gasteiger partial charge >= 0.3 is 12.0 Å². The number of ether oxygens (including phenoxy) is 1. The first-order valence-corrected chi connectivity index (χ1v) is 6.93. The van der Waals surface area contributed by atoms with Crippen LogP contribution in [0, 0.1) is 5.92 Å². The number of hydrogen-bond acceptors (Lipinski definition) is 3. The highest BCUT2D eigenvalue weighted by Gasteiger charge is 2.25. The third-order valence-corrected chi connectivity index (χ3v) is 3.53. The van der Waals surface area contributed by atoms with Crippen LogP contribution in [0.2, 0.25) is 0 Å². The first-order chi connectivity index (χ1) is 9.04. The van der Waals surface area contributed by atoms with E-state index in [1.807, 2.05) is 13.8 Å². The van der Waals surface area contributed by atoms with E-state index >= 15 is 0 Å². The van der Waals surface area contributed by atoms with Crippen LogP contribution in [0.1, 0.15) is 39.5 Å². The van der Waals surface area contributed by atoms with Crippen molar-refractivity contribution in [2.24, 2.45) is 5.92 Å². The molecule has 0 radical (unpaired) electrons. The average molecular weight is 272 g/mol. The van der Waals surface area contributed by atoms with Gasteiger partial charge in [0.1, 0.15) is 6.04 Å². The molecule has 6 heteroatoms. The molecule has 0 saturated carbocycles. The van der Waals surface area contributed by atoms with Gasteiger partial charge in [0.2, 0.25) is 0 Å². The minimum Gasteiger partial charge on any atom is -0.480 e. The lowest BCUT2D eigenvalue weighted by Crippen LogP contribution is -2.50. The topological polar surface area (TPSA) is 87.7 Å². The van der Waals surface area contributed by atoms with Crippen LogP contribution in [0.15, 0.2) is 0 Å². The Hall–Kier alpha value is -1.30. The Morgan fingerprint density at radius 1 is 1.42 bits per heavy atom. The van der Waals surface area contributed by atoms with Crippen molar-refractivity contribution in [2.45, 2.75) is 51.7 Å². The number of hydrogen-bond donors (Lipinski definition) is 3. The van der Waals surface area contributed by atoms with Gasteiger partial charge in [-0.25, -0.2) is 9.59 Å². The molecule has 1 aliphatic heterocycles. The normalized spacial score (nSPS) is 22.3. The number of urea groups is 1. The lowest BCUT2D eigenvalue weighted by Gasteiger charge is -2.24. The standard InChI is InChI=1S/C13H24N2O4/c1-3-9(2)11(12(16)17)15-13(18)14-8-10-6-4-5-7-19-10/h9-11H,3-8H2,1-2H3,(H,16,17)(H2,14,15,18)/t9?,10?,11-/m0/s1. The number of amides is 2. The van der Waals surface area contributed by atoms with Crippen LogP contribution in [0.4, 0.5) is 4.79 Å². The summed E-state index contributed by atoms with van der Waals surface area (Å²) >= 11 is 0. The number of carboxylic acid groups (broad SMARTS) is 1. The minimum atomic E-state index is -1.00. The van der Waals surface area contributed by atoms with Crippen LogP contribution in [-0.2, 0) is 9.53 Å². The predicted molar refractivity (Wildman–Crippen MR) is 71.0 cm³/mol. The average Bonchev–Trinajstić information content (AvgIpc) is 2.42. The van der Waals surface area contributed by atoms with Gasteiger partial charge < -0.3 is 20.5 Å². The summed E-state index contributed by atoms with van der Waals surface area (Å²) < 4.78 is 5.49. The highest BCUT2D eigenvalue weighted by molar-refractivity contribution is 5.82. The molecule has 0 aromatic heterocycles. The van der Waals surface area contributed by atoms with E-state index in [4.69, 9.17) is 9.84 Å². The largest absolute Gasteiger partial charge is 0.480 e. The maximum atomic E-state index is 11.7. The van der Waals surface area contributed by atoms with E-state index in [0.29, 0.717) is 13.0 Å². The van der Waals surface area contributed by atoms with E-state index in [1.54, 1.807) is 0 Å². The van der Waals surface area contributed by atoms with Crippen molar-refractivity contribution in [1.82, 2.24) is 10.6 Å². The van der Waals surface area contributed by atoms with Crippen LogP contribution in [0.25, 0.3) is 0 Å². The van der Waals surface area contributed by atoms with Crippen molar-refractivity contribution in [3.05, 3.63) is 0 Å². The van der Waals surface area contributed by atoms with Crippen LogP contribution in [0.5, 0.6) is 0 Å². The molecular formula is C13H24N2O4. The van der Waals surface area contributed by atoms with E-state index in [1.165, 1.54) is 0 Å². The Morgan fingerprint density at radius 2 is 2.16 bits per heavy atom. The summed E-state index contributed by atoms with van der Waals surface area (Å²) in [5, 5.41) is 14.3. The predicted octanol–water partition coefficient (Wildman–Crippen LogP) is 1.35. The molecule has 0 aliphatic carbocycles. The Balaban J connectivity index is 2.33. The molecule has 1 aliphatic rings. The Morgan fingerprint density at radius 3 is 2.68 bits per heavy atom. The first kappa shape index (κ1) is 15.8. The summed E-state index contributed by atoms with van der Waals surface area (Å²) in [6.07, 6.45) is 3.86. The smallest absolute Gasteiger partial charge is 0.326 e. The van der Waals surface area contributed by atoms with Crippen LogP contribution in [0.3, 0.4) is 0 Å². The second-order valence-corrected chi connectivity index (χ2v) is 5.04. The van der Waals surface area contributed by atoms with Crippen LogP contribution < -0.4 is 10.6 Å². The fraction of sp³-hybridized carbons (Fsp3) is 0.846. The Kier molecular flexibility index (Phi) is 6.62. The fourth-order valence-electron chi connectivity index (χ4n) is 2.05. The van der Waals surface area contributed by atoms with Crippen LogP contribution in [-0.4, -0.2) is 42.4 Å². The molecule has 0 spiro atoms. The molecule has 0 bridgehead atoms. The molecule has 1 fully saturated rings. The lowest BCUT2D eigenvalue weighted by atomic mass is 9.99. The molecule has 6 nitrogen and oxygen atoms in total. The van der Waals surface area contributed by atoms with Crippen molar-refractivity contribution in [2.75, 3.05) is 13.2 Å². The number of carbonyl (C=O) groups excluding carboxylic acids is 1. The van der Waals surface area contributed by atoms with E-state index in [2.05, 4.69) is 10.6 Å². The third-order valence-electron chi connectivity index (χ3n) is 3.53. The Bertz CT molecular complexity index is 303. The van der Waals surface area contributed by atoms with Crippen molar-refractivity contribution in [1.29, 1.82) is 0 Å². The molecule has 110 valence electrons. The summed E-state index contributed by atoms with van der Waals surface area (Å²) in [5.41, 5.74) is 0. The number of carbonyl (C=O) groups is 2. The van der Waals surface area contributed by atoms with Gasteiger partial charge in [-0.2, -0.15) is 0 Å². The molecule has 19 heavy (non-hydrogen) atoms. The third kappa shape index (κ3) is 5.46. The summed E-state index contributed by atoms with van der Waals surface area (Å²) in [6, 6.07) is -1.29.